The second-order valence-corrected chi connectivity index (χ2v) is 6.73. The van der Waals surface area contributed by atoms with E-state index in [9.17, 15) is 9.59 Å². The molecular weight excluding hydrogens is 374 g/mol. The number of rotatable bonds is 4. The molecule has 140 valence electrons. The minimum Gasteiger partial charge on any atom is -0.360 e. The number of thioether (sulfide) groups is 1. The second kappa shape index (κ2) is 7.61. The quantitative estimate of drug-likeness (QED) is 0.368. The van der Waals surface area contributed by atoms with E-state index in [2.05, 4.69) is 20.8 Å². The zero-order chi connectivity index (χ0) is 19.5. The Bertz CT molecular complexity index is 1150. The topological polar surface area (TPSA) is 91.8 Å². The molecular formula is C20H17N5O2S. The van der Waals surface area contributed by atoms with E-state index >= 15 is 0 Å². The molecule has 0 saturated heterocycles. The Kier molecular flexibility index (Phi) is 4.86. The lowest BCUT2D eigenvalue weighted by atomic mass is 10.2. The fraction of sp³-hybridized carbons (Fsp3) is 0.0500. The highest BCUT2D eigenvalue weighted by atomic mass is 32.2. The first kappa shape index (κ1) is 17.9. The fourth-order valence-electron chi connectivity index (χ4n) is 2.97. The molecule has 0 fully saturated rings. The van der Waals surface area contributed by atoms with E-state index in [1.807, 2.05) is 60.9 Å². The molecule has 0 aliphatic carbocycles. The van der Waals surface area contributed by atoms with Crippen LogP contribution < -0.4 is 10.9 Å². The SMILES string of the molecule is CSc1ncc(C(=O)NNC(=O)c2c[nH]c3ccccc23)n1-c1ccccc1. The first-order valence-electron chi connectivity index (χ1n) is 8.53. The molecule has 2 heterocycles. The predicted octanol–water partition coefficient (Wildman–Crippen LogP) is 3.15. The standard InChI is InChI=1S/C20H17N5O2S/c1-28-20-22-12-17(25(20)13-7-3-2-4-8-13)19(27)24-23-18(26)15-11-21-16-10-6-5-9-14(15)16/h2-12,21H,1H3,(H,23,26)(H,24,27). The minimum absolute atomic E-state index is 0.328. The maximum absolute atomic E-state index is 12.7. The molecule has 4 aromatic rings. The highest BCUT2D eigenvalue weighted by Crippen LogP contribution is 2.21. The van der Waals surface area contributed by atoms with Gasteiger partial charge < -0.3 is 4.98 Å². The molecule has 0 unspecified atom stereocenters. The summed E-state index contributed by atoms with van der Waals surface area (Å²) in [5.41, 5.74) is 7.41. The monoisotopic (exact) mass is 391 g/mol. The van der Waals surface area contributed by atoms with Crippen molar-refractivity contribution >= 4 is 34.5 Å². The Morgan fingerprint density at radius 2 is 1.71 bits per heavy atom. The van der Waals surface area contributed by atoms with E-state index in [0.29, 0.717) is 16.4 Å². The van der Waals surface area contributed by atoms with Crippen LogP contribution in [0.15, 0.2) is 72.1 Å². The average molecular weight is 391 g/mol. The van der Waals surface area contributed by atoms with Crippen molar-refractivity contribution < 1.29 is 9.59 Å². The van der Waals surface area contributed by atoms with Gasteiger partial charge in [-0.15, -0.1) is 0 Å². The van der Waals surface area contributed by atoms with Crippen LogP contribution in [0.1, 0.15) is 20.8 Å². The van der Waals surface area contributed by atoms with Crippen LogP contribution in [-0.2, 0) is 0 Å². The summed E-state index contributed by atoms with van der Waals surface area (Å²) in [5.74, 6) is -0.855. The summed E-state index contributed by atoms with van der Waals surface area (Å²) in [6.07, 6.45) is 5.00. The number of H-pyrrole nitrogens is 1. The van der Waals surface area contributed by atoms with Gasteiger partial charge in [0.25, 0.3) is 11.8 Å². The van der Waals surface area contributed by atoms with Gasteiger partial charge in [0, 0.05) is 22.8 Å². The van der Waals surface area contributed by atoms with Gasteiger partial charge in [-0.05, 0) is 24.5 Å². The smallest absolute Gasteiger partial charge is 0.288 e. The number of hydrazine groups is 1. The molecule has 2 aromatic heterocycles. The number of aromatic nitrogens is 3. The van der Waals surface area contributed by atoms with Crippen LogP contribution in [0.2, 0.25) is 0 Å². The highest BCUT2D eigenvalue weighted by molar-refractivity contribution is 7.98. The Morgan fingerprint density at radius 3 is 2.50 bits per heavy atom. The van der Waals surface area contributed by atoms with Crippen LogP contribution in [-0.4, -0.2) is 32.6 Å². The lowest BCUT2D eigenvalue weighted by molar-refractivity contribution is 0.0843. The molecule has 0 aliphatic heterocycles. The normalized spacial score (nSPS) is 10.8. The number of nitrogens with zero attached hydrogens (tertiary/aromatic N) is 2. The summed E-state index contributed by atoms with van der Waals surface area (Å²) < 4.78 is 1.75. The molecule has 0 bridgehead atoms. The molecule has 0 saturated carbocycles. The largest absolute Gasteiger partial charge is 0.360 e. The van der Waals surface area contributed by atoms with Crippen molar-refractivity contribution in [3.05, 3.63) is 78.2 Å². The predicted molar refractivity (Wildman–Crippen MR) is 109 cm³/mol. The van der Waals surface area contributed by atoms with Crippen LogP contribution in [0, 0.1) is 0 Å². The molecule has 0 spiro atoms. The average Bonchev–Trinajstić information content (AvgIpc) is 3.36. The van der Waals surface area contributed by atoms with Gasteiger partial charge in [0.05, 0.1) is 11.8 Å². The summed E-state index contributed by atoms with van der Waals surface area (Å²) in [6.45, 7) is 0. The van der Waals surface area contributed by atoms with E-state index in [4.69, 9.17) is 0 Å². The van der Waals surface area contributed by atoms with Crippen LogP contribution in [0.4, 0.5) is 0 Å². The van der Waals surface area contributed by atoms with Crippen molar-refractivity contribution in [1.29, 1.82) is 0 Å². The molecule has 0 aliphatic rings. The van der Waals surface area contributed by atoms with Crippen molar-refractivity contribution in [2.45, 2.75) is 5.16 Å². The summed E-state index contributed by atoms with van der Waals surface area (Å²) in [6, 6.07) is 16.9. The minimum atomic E-state index is -0.454. The molecule has 28 heavy (non-hydrogen) atoms. The highest BCUT2D eigenvalue weighted by Gasteiger charge is 2.19. The van der Waals surface area contributed by atoms with Crippen molar-refractivity contribution in [2.24, 2.45) is 0 Å². The van der Waals surface area contributed by atoms with Gasteiger partial charge in [-0.2, -0.15) is 0 Å². The Hall–Kier alpha value is -3.52. The van der Waals surface area contributed by atoms with Crippen molar-refractivity contribution in [3.8, 4) is 5.69 Å². The van der Waals surface area contributed by atoms with E-state index in [1.165, 1.54) is 18.0 Å². The molecule has 7 nitrogen and oxygen atoms in total. The third kappa shape index (κ3) is 3.25. The van der Waals surface area contributed by atoms with Gasteiger partial charge in [-0.25, -0.2) is 4.98 Å². The first-order chi connectivity index (χ1) is 13.7. The lowest BCUT2D eigenvalue weighted by Gasteiger charge is -2.11. The first-order valence-corrected chi connectivity index (χ1v) is 9.75. The van der Waals surface area contributed by atoms with Crippen molar-refractivity contribution in [3.63, 3.8) is 0 Å². The van der Waals surface area contributed by atoms with Gasteiger partial charge >= 0.3 is 0 Å². The van der Waals surface area contributed by atoms with E-state index < -0.39 is 11.8 Å². The number of nitrogens with one attached hydrogen (secondary N) is 3. The number of amides is 2. The summed E-state index contributed by atoms with van der Waals surface area (Å²) in [7, 11) is 0. The van der Waals surface area contributed by atoms with E-state index in [0.717, 1.165) is 16.6 Å². The zero-order valence-electron chi connectivity index (χ0n) is 15.0. The molecule has 3 N–H and O–H groups in total. The number of para-hydroxylation sites is 2. The molecule has 0 atom stereocenters. The molecule has 0 radical (unpaired) electrons. The Labute approximate surface area is 165 Å². The van der Waals surface area contributed by atoms with Crippen LogP contribution in [0.3, 0.4) is 0 Å². The second-order valence-electron chi connectivity index (χ2n) is 5.96. The molecule has 2 amide bonds. The van der Waals surface area contributed by atoms with Gasteiger partial charge in [0.15, 0.2) is 5.16 Å². The number of carbonyl (C=O) groups is 2. The summed E-state index contributed by atoms with van der Waals surface area (Å²) >= 11 is 1.43. The Balaban J connectivity index is 1.55. The Morgan fingerprint density at radius 1 is 1.00 bits per heavy atom. The maximum atomic E-state index is 12.7. The third-order valence-electron chi connectivity index (χ3n) is 4.28. The number of hydrogen-bond acceptors (Lipinski definition) is 4. The van der Waals surface area contributed by atoms with Gasteiger partial charge in [-0.3, -0.25) is 25.0 Å². The number of imidazole rings is 1. The number of hydrogen-bond donors (Lipinski definition) is 3. The van der Waals surface area contributed by atoms with Crippen LogP contribution >= 0.6 is 11.8 Å². The number of fused-ring (bicyclic) bond motifs is 1. The van der Waals surface area contributed by atoms with Gasteiger partial charge in [-0.1, -0.05) is 48.2 Å². The number of benzene rings is 2. The van der Waals surface area contributed by atoms with Gasteiger partial charge in [0.1, 0.15) is 5.69 Å². The lowest BCUT2D eigenvalue weighted by Crippen LogP contribution is -2.42. The summed E-state index contributed by atoms with van der Waals surface area (Å²) in [4.78, 5) is 32.5. The third-order valence-corrected chi connectivity index (χ3v) is 4.94. The van der Waals surface area contributed by atoms with Crippen molar-refractivity contribution in [1.82, 2.24) is 25.4 Å². The van der Waals surface area contributed by atoms with Crippen LogP contribution in [0.5, 0.6) is 0 Å². The zero-order valence-corrected chi connectivity index (χ0v) is 15.8. The maximum Gasteiger partial charge on any atom is 0.288 e. The van der Waals surface area contributed by atoms with Gasteiger partial charge in [0.2, 0.25) is 0 Å². The molecule has 8 heteroatoms. The van der Waals surface area contributed by atoms with E-state index in [-0.39, 0.29) is 0 Å². The summed E-state index contributed by atoms with van der Waals surface area (Å²) in [5, 5.41) is 1.47. The van der Waals surface area contributed by atoms with Crippen molar-refractivity contribution in [2.75, 3.05) is 6.26 Å². The molecule has 4 rings (SSSR count). The number of aromatic amines is 1. The van der Waals surface area contributed by atoms with Crippen LogP contribution in [0.25, 0.3) is 16.6 Å². The van der Waals surface area contributed by atoms with E-state index in [1.54, 1.807) is 10.8 Å². The number of carbonyl (C=O) groups excluding carboxylic acids is 2. The fourth-order valence-corrected chi connectivity index (χ4v) is 3.51. The molecule has 2 aromatic carbocycles.